The molecule has 1 aromatic rings. The molecule has 1 aromatic heterocycles. The van der Waals surface area contributed by atoms with Crippen LogP contribution in [0.4, 0.5) is 5.95 Å². The van der Waals surface area contributed by atoms with Crippen LogP contribution in [0, 0.1) is 17.8 Å². The van der Waals surface area contributed by atoms with Gasteiger partial charge in [-0.3, -0.25) is 4.79 Å². The molecule has 6 fully saturated rings. The molecule has 5 saturated carbocycles. The number of nitrogens with zero attached hydrogens (tertiary/aromatic N) is 2. The summed E-state index contributed by atoms with van der Waals surface area (Å²) in [6.07, 6.45) is 10.6. The van der Waals surface area contributed by atoms with E-state index >= 15 is 0 Å². The number of nitrogens with one attached hydrogen (secondary N) is 2. The van der Waals surface area contributed by atoms with Crippen molar-refractivity contribution in [1.29, 1.82) is 0 Å². The van der Waals surface area contributed by atoms with Crippen LogP contribution in [0.3, 0.4) is 0 Å². The molecule has 2 heterocycles. The summed E-state index contributed by atoms with van der Waals surface area (Å²) in [6, 6.07) is 0.617. The van der Waals surface area contributed by atoms with Crippen LogP contribution in [0.15, 0.2) is 6.20 Å². The monoisotopic (exact) mass is 398 g/mol. The van der Waals surface area contributed by atoms with E-state index in [0.717, 1.165) is 63.5 Å². The maximum absolute atomic E-state index is 13.3. The van der Waals surface area contributed by atoms with Gasteiger partial charge >= 0.3 is 0 Å². The summed E-state index contributed by atoms with van der Waals surface area (Å²) >= 11 is 0. The second-order valence-electron chi connectivity index (χ2n) is 10.1. The summed E-state index contributed by atoms with van der Waals surface area (Å²) in [5, 5.41) is 17.5. The molecule has 156 valence electrons. The molecule has 1 amide bonds. The van der Waals surface area contributed by atoms with Crippen molar-refractivity contribution in [2.45, 2.75) is 81.6 Å². The van der Waals surface area contributed by atoms with Gasteiger partial charge in [-0.25, -0.2) is 9.97 Å². The maximum Gasteiger partial charge on any atom is 0.255 e. The van der Waals surface area contributed by atoms with Gasteiger partial charge in [-0.05, 0) is 75.5 Å². The number of rotatable bonds is 5. The van der Waals surface area contributed by atoms with Crippen molar-refractivity contribution in [3.05, 3.63) is 17.5 Å². The highest BCUT2D eigenvalue weighted by Crippen LogP contribution is 2.55. The third kappa shape index (κ3) is 3.32. The van der Waals surface area contributed by atoms with E-state index in [1.165, 1.54) is 0 Å². The third-order valence-corrected chi connectivity index (χ3v) is 7.75. The summed E-state index contributed by atoms with van der Waals surface area (Å²) in [7, 11) is 0. The molecule has 1 aliphatic heterocycles. The van der Waals surface area contributed by atoms with Crippen molar-refractivity contribution < 1.29 is 14.6 Å². The van der Waals surface area contributed by atoms with Gasteiger partial charge < -0.3 is 20.5 Å². The van der Waals surface area contributed by atoms with Crippen LogP contribution in [0.1, 0.15) is 79.9 Å². The fraction of sp³-hybridized carbons (Fsp3) is 0.773. The standard InChI is InChI=1S/C22H30N4O3/c27-20(25-18-13-6-12-7-14(18)10-22(28,8-12)9-13)16-11-23-21(24-15-3-4-15)26-19(16)17-2-1-5-29-17/h11-15,17-18,28H,1-10H2,(H,25,27)(H,23,24,26)/t12?,13?,14?,17-,18-,22+/m1/s1. The summed E-state index contributed by atoms with van der Waals surface area (Å²) in [5.41, 5.74) is 0.783. The Morgan fingerprint density at radius 1 is 1.17 bits per heavy atom. The predicted octanol–water partition coefficient (Wildman–Crippen LogP) is 2.57. The Bertz CT molecular complexity index is 804. The van der Waals surface area contributed by atoms with Crippen LogP contribution in [-0.2, 0) is 4.74 Å². The van der Waals surface area contributed by atoms with Gasteiger partial charge in [0.05, 0.1) is 16.9 Å². The van der Waals surface area contributed by atoms with Crippen LogP contribution in [0.5, 0.6) is 0 Å². The van der Waals surface area contributed by atoms with Crippen LogP contribution in [0.2, 0.25) is 0 Å². The number of anilines is 1. The number of aromatic nitrogens is 2. The Morgan fingerprint density at radius 2 is 1.97 bits per heavy atom. The summed E-state index contributed by atoms with van der Waals surface area (Å²) in [4.78, 5) is 22.4. The first-order valence-electron chi connectivity index (χ1n) is 11.3. The predicted molar refractivity (Wildman–Crippen MR) is 106 cm³/mol. The molecular formula is C22H30N4O3. The zero-order valence-corrected chi connectivity index (χ0v) is 16.8. The third-order valence-electron chi connectivity index (χ3n) is 7.75. The normalized spacial score (nSPS) is 40.2. The Labute approximate surface area is 171 Å². The van der Waals surface area contributed by atoms with Gasteiger partial charge in [-0.2, -0.15) is 0 Å². The van der Waals surface area contributed by atoms with Gasteiger partial charge in [0.15, 0.2) is 0 Å². The summed E-state index contributed by atoms with van der Waals surface area (Å²) in [5.74, 6) is 1.92. The first-order valence-corrected chi connectivity index (χ1v) is 11.3. The van der Waals surface area contributed by atoms with E-state index in [1.807, 2.05) is 0 Å². The van der Waals surface area contributed by atoms with Crippen LogP contribution >= 0.6 is 0 Å². The van der Waals surface area contributed by atoms with E-state index in [-0.39, 0.29) is 18.1 Å². The number of carbonyl (C=O) groups is 1. The highest BCUT2D eigenvalue weighted by atomic mass is 16.5. The lowest BCUT2D eigenvalue weighted by Gasteiger charge is -2.58. The average molecular weight is 399 g/mol. The van der Waals surface area contributed by atoms with E-state index in [9.17, 15) is 9.90 Å². The van der Waals surface area contributed by atoms with Crippen LogP contribution < -0.4 is 10.6 Å². The van der Waals surface area contributed by atoms with Gasteiger partial charge in [-0.15, -0.1) is 0 Å². The number of hydrogen-bond donors (Lipinski definition) is 3. The molecule has 7 nitrogen and oxygen atoms in total. The lowest BCUT2D eigenvalue weighted by Crippen LogP contribution is -2.61. The minimum absolute atomic E-state index is 0.0852. The molecule has 2 unspecified atom stereocenters. The quantitative estimate of drug-likeness (QED) is 0.705. The van der Waals surface area contributed by atoms with Gasteiger partial charge in [0.1, 0.15) is 6.10 Å². The van der Waals surface area contributed by atoms with Crippen molar-refractivity contribution in [2.24, 2.45) is 17.8 Å². The number of amides is 1. The topological polar surface area (TPSA) is 96.4 Å². The molecule has 5 aliphatic carbocycles. The van der Waals surface area contributed by atoms with E-state index in [1.54, 1.807) is 6.20 Å². The fourth-order valence-electron chi connectivity index (χ4n) is 6.53. The molecule has 0 radical (unpaired) electrons. The van der Waals surface area contributed by atoms with E-state index in [0.29, 0.717) is 41.9 Å². The van der Waals surface area contributed by atoms with Crippen molar-refractivity contribution in [1.82, 2.24) is 15.3 Å². The van der Waals surface area contributed by atoms with Gasteiger partial charge in [0, 0.05) is 24.9 Å². The van der Waals surface area contributed by atoms with E-state index < -0.39 is 5.60 Å². The molecule has 1 saturated heterocycles. The van der Waals surface area contributed by atoms with Crippen molar-refractivity contribution in [2.75, 3.05) is 11.9 Å². The number of carbonyl (C=O) groups excluding carboxylic acids is 1. The van der Waals surface area contributed by atoms with Gasteiger partial charge in [-0.1, -0.05) is 0 Å². The number of aliphatic hydroxyl groups is 1. The molecule has 7 heteroatoms. The summed E-state index contributed by atoms with van der Waals surface area (Å²) in [6.45, 7) is 0.716. The first kappa shape index (κ1) is 18.1. The van der Waals surface area contributed by atoms with Gasteiger partial charge in [0.25, 0.3) is 5.91 Å². The zero-order valence-electron chi connectivity index (χ0n) is 16.8. The Hall–Kier alpha value is -1.73. The van der Waals surface area contributed by atoms with E-state index in [2.05, 4.69) is 15.6 Å². The van der Waals surface area contributed by atoms with Crippen molar-refractivity contribution in [3.8, 4) is 0 Å². The highest BCUT2D eigenvalue weighted by Gasteiger charge is 2.55. The molecule has 3 N–H and O–H groups in total. The molecule has 4 bridgehead atoms. The lowest BCUT2D eigenvalue weighted by atomic mass is 9.52. The second kappa shape index (κ2) is 6.64. The molecule has 29 heavy (non-hydrogen) atoms. The number of hydrogen-bond acceptors (Lipinski definition) is 6. The van der Waals surface area contributed by atoms with Crippen molar-refractivity contribution >= 4 is 11.9 Å². The Balaban J connectivity index is 1.24. The van der Waals surface area contributed by atoms with Gasteiger partial charge in [0.2, 0.25) is 5.95 Å². The molecular weight excluding hydrogens is 368 g/mol. The largest absolute Gasteiger partial charge is 0.390 e. The number of ether oxygens (including phenoxy) is 1. The van der Waals surface area contributed by atoms with E-state index in [4.69, 9.17) is 9.72 Å². The smallest absolute Gasteiger partial charge is 0.255 e. The van der Waals surface area contributed by atoms with Crippen molar-refractivity contribution in [3.63, 3.8) is 0 Å². The molecule has 3 atom stereocenters. The van der Waals surface area contributed by atoms with Crippen LogP contribution in [0.25, 0.3) is 0 Å². The molecule has 6 aliphatic rings. The first-order chi connectivity index (χ1) is 14.1. The van der Waals surface area contributed by atoms with Crippen LogP contribution in [-0.4, -0.2) is 45.3 Å². The molecule has 0 aromatic carbocycles. The lowest BCUT2D eigenvalue weighted by molar-refractivity contribution is -0.136. The minimum atomic E-state index is -0.486. The maximum atomic E-state index is 13.3. The second-order valence-corrected chi connectivity index (χ2v) is 10.1. The Morgan fingerprint density at radius 3 is 2.62 bits per heavy atom. The highest BCUT2D eigenvalue weighted by molar-refractivity contribution is 5.95. The minimum Gasteiger partial charge on any atom is -0.390 e. The average Bonchev–Trinajstić information content (AvgIpc) is 3.32. The summed E-state index contributed by atoms with van der Waals surface area (Å²) < 4.78 is 5.87. The zero-order chi connectivity index (χ0) is 19.6. The fourth-order valence-corrected chi connectivity index (χ4v) is 6.53. The SMILES string of the molecule is O=C(N[C@H]1C2CC3CC1C[C@@](O)(C3)C2)c1cnc(NC2CC2)nc1[C@H]1CCCO1. The molecule has 0 spiro atoms. The molecule has 7 rings (SSSR count). The Kier molecular flexibility index (Phi) is 4.14.